The second kappa shape index (κ2) is 34.3. The van der Waals surface area contributed by atoms with Crippen molar-refractivity contribution in [3.8, 4) is 0 Å². The third kappa shape index (κ3) is 31.6. The van der Waals surface area contributed by atoms with E-state index in [9.17, 15) is 9.59 Å². The molecule has 1 amide bonds. The number of rotatable bonds is 34. The molecule has 0 saturated carbocycles. The molecule has 0 radical (unpaired) electrons. The Morgan fingerprint density at radius 2 is 1.00 bits per heavy atom. The highest BCUT2D eigenvalue weighted by molar-refractivity contribution is 5.78. The molecule has 40 heavy (non-hydrogen) atoms. The maximum Gasteiger partial charge on any atom is 0.220 e. The van der Waals surface area contributed by atoms with Crippen LogP contribution in [-0.2, 0) is 19.1 Å². The monoisotopic (exact) mass is 568 g/mol. The highest BCUT2D eigenvalue weighted by atomic mass is 16.5. The molecule has 0 aliphatic carbocycles. The van der Waals surface area contributed by atoms with Crippen LogP contribution < -0.4 is 5.32 Å². The van der Waals surface area contributed by atoms with Gasteiger partial charge in [0.05, 0.1) is 12.7 Å². The Hall–Kier alpha value is -0.940. The summed E-state index contributed by atoms with van der Waals surface area (Å²) in [5, 5.41) is 2.91. The highest BCUT2D eigenvalue weighted by Crippen LogP contribution is 2.13. The molecule has 1 N–H and O–H groups in total. The molecule has 0 heterocycles. The second-order valence-electron chi connectivity index (χ2n) is 11.9. The van der Waals surface area contributed by atoms with E-state index in [1.807, 2.05) is 0 Å². The third-order valence-corrected chi connectivity index (χ3v) is 7.81. The van der Waals surface area contributed by atoms with Gasteiger partial charge < -0.3 is 19.6 Å². The zero-order valence-corrected chi connectivity index (χ0v) is 27.0. The summed E-state index contributed by atoms with van der Waals surface area (Å²) in [5.41, 5.74) is 0. The summed E-state index contributed by atoms with van der Waals surface area (Å²) < 4.78 is 12.0. The maximum absolute atomic E-state index is 11.9. The first kappa shape index (κ1) is 39.1. The number of aldehydes is 1. The van der Waals surface area contributed by atoms with Crippen molar-refractivity contribution in [3.05, 3.63) is 0 Å². The average Bonchev–Trinajstić information content (AvgIpc) is 2.96. The molecule has 0 fully saturated rings. The molecule has 0 aromatic carbocycles. The zero-order chi connectivity index (χ0) is 29.2. The minimum atomic E-state index is -0.120. The minimum absolute atomic E-state index is 0.0907. The van der Waals surface area contributed by atoms with Crippen molar-refractivity contribution in [2.24, 2.45) is 0 Å². The lowest BCUT2D eigenvalue weighted by Crippen LogP contribution is -2.36. The van der Waals surface area contributed by atoms with Crippen LogP contribution in [0.5, 0.6) is 0 Å². The number of carbonyl (C=O) groups is 2. The summed E-state index contributed by atoms with van der Waals surface area (Å²) >= 11 is 0. The number of amides is 1. The van der Waals surface area contributed by atoms with Crippen LogP contribution in [0.2, 0.25) is 0 Å². The van der Waals surface area contributed by atoms with E-state index in [1.54, 1.807) is 0 Å². The number of ether oxygens (including phenoxy) is 2. The normalized spacial score (nSPS) is 12.1. The molecule has 0 bridgehead atoms. The lowest BCUT2D eigenvalue weighted by molar-refractivity contribution is -0.123. The van der Waals surface area contributed by atoms with Crippen LogP contribution in [0.4, 0.5) is 0 Å². The molecule has 5 heteroatoms. The first-order chi connectivity index (χ1) is 19.7. The predicted molar refractivity (Wildman–Crippen MR) is 171 cm³/mol. The largest absolute Gasteiger partial charge is 0.379 e. The summed E-state index contributed by atoms with van der Waals surface area (Å²) in [4.78, 5) is 22.5. The summed E-state index contributed by atoms with van der Waals surface area (Å²) in [6.07, 6.45) is 33.2. The molecule has 0 spiro atoms. The van der Waals surface area contributed by atoms with E-state index < -0.39 is 0 Å². The smallest absolute Gasteiger partial charge is 0.220 e. The molecule has 0 rings (SSSR count). The molecule has 0 aromatic rings. The number of hydrogen-bond acceptors (Lipinski definition) is 4. The third-order valence-electron chi connectivity index (χ3n) is 7.81. The van der Waals surface area contributed by atoms with Crippen molar-refractivity contribution in [1.82, 2.24) is 5.32 Å². The van der Waals surface area contributed by atoms with Crippen molar-refractivity contribution in [1.29, 1.82) is 0 Å². The Bertz CT molecular complexity index is 514. The van der Waals surface area contributed by atoms with Crippen LogP contribution >= 0.6 is 0 Å². The van der Waals surface area contributed by atoms with E-state index in [0.717, 1.165) is 25.7 Å². The van der Waals surface area contributed by atoms with Gasteiger partial charge in [-0.1, -0.05) is 155 Å². The van der Waals surface area contributed by atoms with E-state index in [0.29, 0.717) is 19.8 Å². The van der Waals surface area contributed by atoms with Crippen LogP contribution in [0.15, 0.2) is 0 Å². The van der Waals surface area contributed by atoms with E-state index in [-0.39, 0.29) is 24.9 Å². The van der Waals surface area contributed by atoms with E-state index in [4.69, 9.17) is 9.47 Å². The lowest BCUT2D eigenvalue weighted by Gasteiger charge is -2.19. The van der Waals surface area contributed by atoms with Crippen molar-refractivity contribution < 1.29 is 19.1 Å². The molecule has 238 valence electrons. The zero-order valence-electron chi connectivity index (χ0n) is 27.0. The molecule has 1 atom stereocenters. The fourth-order valence-corrected chi connectivity index (χ4v) is 5.12. The van der Waals surface area contributed by atoms with Gasteiger partial charge in [-0.2, -0.15) is 0 Å². The van der Waals surface area contributed by atoms with E-state index in [2.05, 4.69) is 19.2 Å². The second-order valence-corrected chi connectivity index (χ2v) is 11.9. The Balaban J connectivity index is 3.82. The summed E-state index contributed by atoms with van der Waals surface area (Å²) in [6, 6.07) is 0. The highest BCUT2D eigenvalue weighted by Gasteiger charge is 2.11. The van der Waals surface area contributed by atoms with Gasteiger partial charge in [-0.3, -0.25) is 4.79 Å². The van der Waals surface area contributed by atoms with Gasteiger partial charge in [0.2, 0.25) is 5.91 Å². The molecule has 0 aliphatic heterocycles. The molecule has 0 aliphatic rings. The van der Waals surface area contributed by atoms with Gasteiger partial charge in [-0.25, -0.2) is 0 Å². The first-order valence-electron chi connectivity index (χ1n) is 17.6. The number of unbranched alkanes of at least 4 members (excludes halogenated alkanes) is 22. The van der Waals surface area contributed by atoms with Crippen molar-refractivity contribution in [3.63, 3.8) is 0 Å². The lowest BCUT2D eigenvalue weighted by atomic mass is 10.1. The molecule has 0 saturated heterocycles. The SMILES string of the molecule is CCCCCCCCCCCCCCOCC(CNC(=O)CCC=O)OCCCCCCCCCCCCCC. The minimum Gasteiger partial charge on any atom is -0.379 e. The number of nitrogens with one attached hydrogen (secondary N) is 1. The quantitative estimate of drug-likeness (QED) is 0.0621. The van der Waals surface area contributed by atoms with Crippen molar-refractivity contribution in [2.75, 3.05) is 26.4 Å². The van der Waals surface area contributed by atoms with Gasteiger partial charge in [-0.15, -0.1) is 0 Å². The van der Waals surface area contributed by atoms with E-state index in [1.165, 1.54) is 141 Å². The number of carbonyl (C=O) groups excluding carboxylic acids is 2. The molecular weight excluding hydrogens is 498 g/mol. The van der Waals surface area contributed by atoms with Gasteiger partial charge in [0.1, 0.15) is 6.29 Å². The van der Waals surface area contributed by atoms with Crippen LogP contribution in [0, 0.1) is 0 Å². The Morgan fingerprint density at radius 3 is 1.43 bits per heavy atom. The first-order valence-corrected chi connectivity index (χ1v) is 17.6. The van der Waals surface area contributed by atoms with Gasteiger partial charge in [0.25, 0.3) is 0 Å². The Morgan fingerprint density at radius 1 is 0.600 bits per heavy atom. The fourth-order valence-electron chi connectivity index (χ4n) is 5.12. The predicted octanol–water partition coefficient (Wildman–Crippen LogP) is 9.89. The van der Waals surface area contributed by atoms with Crippen LogP contribution in [0.25, 0.3) is 0 Å². The summed E-state index contributed by atoms with van der Waals surface area (Å²) in [7, 11) is 0. The molecule has 5 nitrogen and oxygen atoms in total. The standard InChI is InChI=1S/C35H69NO4/c1-3-5-7-9-11-13-15-17-19-21-23-25-30-39-33-34(32-36-35(38)28-27-29-37)40-31-26-24-22-20-18-16-14-12-10-8-6-4-2/h29,34H,3-28,30-33H2,1-2H3,(H,36,38). The van der Waals surface area contributed by atoms with E-state index >= 15 is 0 Å². The Labute approximate surface area is 249 Å². The Kier molecular flexibility index (Phi) is 33.5. The molecular formula is C35H69NO4. The molecule has 0 aromatic heterocycles. The average molecular weight is 568 g/mol. The van der Waals surface area contributed by atoms with Gasteiger partial charge in [0.15, 0.2) is 0 Å². The fraction of sp³-hybridized carbons (Fsp3) is 0.943. The summed E-state index contributed by atoms with van der Waals surface area (Å²) in [5.74, 6) is -0.0907. The van der Waals surface area contributed by atoms with Crippen molar-refractivity contribution in [2.45, 2.75) is 187 Å². The van der Waals surface area contributed by atoms with Crippen LogP contribution in [0.3, 0.4) is 0 Å². The van der Waals surface area contributed by atoms with Crippen molar-refractivity contribution >= 4 is 12.2 Å². The van der Waals surface area contributed by atoms with Gasteiger partial charge in [0, 0.05) is 32.6 Å². The van der Waals surface area contributed by atoms with Gasteiger partial charge >= 0.3 is 0 Å². The van der Waals surface area contributed by atoms with Crippen LogP contribution in [0.1, 0.15) is 181 Å². The van der Waals surface area contributed by atoms with Crippen LogP contribution in [-0.4, -0.2) is 44.7 Å². The maximum atomic E-state index is 11.9. The summed E-state index contributed by atoms with van der Waals surface area (Å²) in [6.45, 7) is 7.00. The topological polar surface area (TPSA) is 64.6 Å². The molecule has 1 unspecified atom stereocenters. The van der Waals surface area contributed by atoms with Gasteiger partial charge in [-0.05, 0) is 12.8 Å². The number of hydrogen-bond donors (Lipinski definition) is 1.